The molecule has 0 radical (unpaired) electrons. The van der Waals surface area contributed by atoms with Gasteiger partial charge in [-0.05, 0) is 38.5 Å². The zero-order valence-corrected chi connectivity index (χ0v) is 15.8. The molecule has 0 spiro atoms. The highest BCUT2D eigenvalue weighted by atomic mass is 32.2. The molecule has 0 aliphatic carbocycles. The minimum Gasteiger partial charge on any atom is -0.459 e. The summed E-state index contributed by atoms with van der Waals surface area (Å²) in [7, 11) is 0. The molecule has 9 nitrogen and oxygen atoms in total. The summed E-state index contributed by atoms with van der Waals surface area (Å²) in [5.74, 6) is -1.61. The van der Waals surface area contributed by atoms with Crippen molar-refractivity contribution in [3.8, 4) is 0 Å². The number of ketones is 1. The van der Waals surface area contributed by atoms with Gasteiger partial charge in [-0.3, -0.25) is 19.7 Å². The van der Waals surface area contributed by atoms with Gasteiger partial charge in [-0.1, -0.05) is 0 Å². The molecule has 0 unspecified atom stereocenters. The standard InChI is InChI=1S/C17H19N3O6S/c1-9(21)17(18)14(23)19-12(16(2,3)27-15(17)19)13(22)26-8-10-4-6-11(7-5-10)20(24)25/h4-7,12,15H,8,18H2,1-3H3/t12-,15+,17-/m0/s1. The van der Waals surface area contributed by atoms with E-state index >= 15 is 0 Å². The molecule has 0 saturated carbocycles. The second-order valence-corrected chi connectivity index (χ2v) is 8.88. The minimum absolute atomic E-state index is 0.0593. The van der Waals surface area contributed by atoms with Crippen molar-refractivity contribution < 1.29 is 24.0 Å². The van der Waals surface area contributed by atoms with Crippen LogP contribution >= 0.6 is 11.8 Å². The summed E-state index contributed by atoms with van der Waals surface area (Å²) in [6, 6.07) is 4.77. The largest absolute Gasteiger partial charge is 0.459 e. The lowest BCUT2D eigenvalue weighted by molar-refractivity contribution is -0.384. The number of non-ortho nitro benzene ring substituents is 1. The molecule has 3 atom stereocenters. The van der Waals surface area contributed by atoms with Crippen LogP contribution in [-0.4, -0.2) is 49.2 Å². The number of amides is 1. The molecule has 2 aliphatic heterocycles. The second-order valence-electron chi connectivity index (χ2n) is 7.15. The van der Waals surface area contributed by atoms with Gasteiger partial charge in [-0.15, -0.1) is 11.8 Å². The smallest absolute Gasteiger partial charge is 0.330 e. The highest BCUT2D eigenvalue weighted by molar-refractivity contribution is 8.01. The average Bonchev–Trinajstić information content (AvgIpc) is 2.88. The van der Waals surface area contributed by atoms with E-state index in [1.807, 2.05) is 0 Å². The van der Waals surface area contributed by atoms with E-state index in [2.05, 4.69) is 0 Å². The molecule has 10 heteroatoms. The van der Waals surface area contributed by atoms with E-state index in [0.29, 0.717) is 5.56 Å². The highest BCUT2D eigenvalue weighted by Gasteiger charge is 2.72. The molecule has 2 N–H and O–H groups in total. The Balaban J connectivity index is 1.72. The molecule has 144 valence electrons. The molecule has 3 rings (SSSR count). The van der Waals surface area contributed by atoms with Crippen LogP contribution in [0, 0.1) is 10.1 Å². The first-order valence-corrected chi connectivity index (χ1v) is 9.08. The summed E-state index contributed by atoms with van der Waals surface area (Å²) in [4.78, 5) is 48.4. The van der Waals surface area contributed by atoms with Crippen LogP contribution < -0.4 is 5.73 Å². The molecule has 0 aromatic heterocycles. The van der Waals surface area contributed by atoms with Crippen LogP contribution in [0.4, 0.5) is 5.69 Å². The Bertz CT molecular complexity index is 840. The molecule has 1 aromatic rings. The Kier molecular flexibility index (Phi) is 4.51. The monoisotopic (exact) mass is 393 g/mol. The van der Waals surface area contributed by atoms with Crippen LogP contribution in [0.5, 0.6) is 0 Å². The molecule has 2 fully saturated rings. The molecular weight excluding hydrogens is 374 g/mol. The van der Waals surface area contributed by atoms with Gasteiger partial charge < -0.3 is 15.4 Å². The molecule has 2 heterocycles. The van der Waals surface area contributed by atoms with Gasteiger partial charge in [-0.25, -0.2) is 4.79 Å². The SMILES string of the molecule is CC(=O)[C@]1(N)C(=O)N2[C@@H](C(=O)OCc3ccc([N+](=O)[O-])cc3)C(C)(C)S[C@@H]21. The van der Waals surface area contributed by atoms with Crippen LogP contribution in [0.25, 0.3) is 0 Å². The van der Waals surface area contributed by atoms with Gasteiger partial charge in [0.15, 0.2) is 11.3 Å². The number of ether oxygens (including phenoxy) is 1. The Morgan fingerprint density at radius 2 is 1.93 bits per heavy atom. The first-order chi connectivity index (χ1) is 12.5. The lowest BCUT2D eigenvalue weighted by Gasteiger charge is -2.49. The number of nitro benzene ring substituents is 1. The molecule has 27 heavy (non-hydrogen) atoms. The van der Waals surface area contributed by atoms with Crippen molar-refractivity contribution in [2.45, 2.75) is 49.1 Å². The Morgan fingerprint density at radius 3 is 2.44 bits per heavy atom. The second kappa shape index (κ2) is 6.31. The van der Waals surface area contributed by atoms with Crippen molar-refractivity contribution in [3.63, 3.8) is 0 Å². The summed E-state index contributed by atoms with van der Waals surface area (Å²) >= 11 is 1.30. The number of benzene rings is 1. The van der Waals surface area contributed by atoms with E-state index in [4.69, 9.17) is 10.5 Å². The van der Waals surface area contributed by atoms with Gasteiger partial charge in [0.25, 0.3) is 11.6 Å². The number of thioether (sulfide) groups is 1. The van der Waals surface area contributed by atoms with Crippen molar-refractivity contribution >= 4 is 35.1 Å². The van der Waals surface area contributed by atoms with Crippen molar-refractivity contribution in [1.29, 1.82) is 0 Å². The number of rotatable bonds is 5. The van der Waals surface area contributed by atoms with E-state index in [1.165, 1.54) is 47.9 Å². The predicted molar refractivity (Wildman–Crippen MR) is 96.6 cm³/mol. The summed E-state index contributed by atoms with van der Waals surface area (Å²) in [6.45, 7) is 4.77. The first-order valence-electron chi connectivity index (χ1n) is 8.20. The normalized spacial score (nSPS) is 28.3. The van der Waals surface area contributed by atoms with E-state index in [-0.39, 0.29) is 12.3 Å². The molecule has 1 amide bonds. The average molecular weight is 393 g/mol. The number of carbonyl (C=O) groups is 3. The Labute approximate surface area is 159 Å². The Morgan fingerprint density at radius 1 is 1.33 bits per heavy atom. The van der Waals surface area contributed by atoms with Crippen LogP contribution in [-0.2, 0) is 25.7 Å². The van der Waals surface area contributed by atoms with E-state index in [1.54, 1.807) is 13.8 Å². The number of hydrogen-bond donors (Lipinski definition) is 1. The van der Waals surface area contributed by atoms with Crippen molar-refractivity contribution in [3.05, 3.63) is 39.9 Å². The van der Waals surface area contributed by atoms with Crippen LogP contribution in [0.3, 0.4) is 0 Å². The fourth-order valence-corrected chi connectivity index (χ4v) is 5.04. The topological polar surface area (TPSA) is 133 Å². The van der Waals surface area contributed by atoms with Gasteiger partial charge >= 0.3 is 5.97 Å². The van der Waals surface area contributed by atoms with Crippen LogP contribution in [0.15, 0.2) is 24.3 Å². The quantitative estimate of drug-likeness (QED) is 0.257. The zero-order chi connectivity index (χ0) is 20.1. The van der Waals surface area contributed by atoms with E-state index < -0.39 is 44.3 Å². The minimum atomic E-state index is -1.60. The predicted octanol–water partition coefficient (Wildman–Crippen LogP) is 0.987. The fraction of sp³-hybridized carbons (Fsp3) is 0.471. The maximum Gasteiger partial charge on any atom is 0.330 e. The van der Waals surface area contributed by atoms with Gasteiger partial charge in [0, 0.05) is 16.9 Å². The lowest BCUT2D eigenvalue weighted by atomic mass is 9.82. The van der Waals surface area contributed by atoms with E-state index in [9.17, 15) is 24.5 Å². The third-order valence-electron chi connectivity index (χ3n) is 4.92. The highest BCUT2D eigenvalue weighted by Crippen LogP contribution is 2.54. The Hall–Kier alpha value is -2.46. The number of nitrogens with zero attached hydrogens (tertiary/aromatic N) is 2. The molecule has 1 aromatic carbocycles. The van der Waals surface area contributed by atoms with E-state index in [0.717, 1.165) is 0 Å². The maximum atomic E-state index is 12.7. The molecular formula is C17H19N3O6S. The van der Waals surface area contributed by atoms with Crippen LogP contribution in [0.2, 0.25) is 0 Å². The maximum absolute atomic E-state index is 12.7. The van der Waals surface area contributed by atoms with Crippen molar-refractivity contribution in [1.82, 2.24) is 4.90 Å². The fourth-order valence-electron chi connectivity index (χ4n) is 3.34. The third kappa shape index (κ3) is 2.88. The van der Waals surface area contributed by atoms with Gasteiger partial charge in [0.05, 0.1) is 4.92 Å². The number of nitrogens with two attached hydrogens (primary N) is 1. The molecule has 2 aliphatic rings. The van der Waals surface area contributed by atoms with Gasteiger partial charge in [0.2, 0.25) is 0 Å². The summed E-state index contributed by atoms with van der Waals surface area (Å²) in [6.07, 6.45) is 0. The number of Topliss-reactive ketones (excluding diaryl/α,β-unsaturated/α-hetero) is 1. The van der Waals surface area contributed by atoms with Crippen molar-refractivity contribution in [2.75, 3.05) is 0 Å². The van der Waals surface area contributed by atoms with Crippen molar-refractivity contribution in [2.24, 2.45) is 5.73 Å². The van der Waals surface area contributed by atoms with Gasteiger partial charge in [-0.2, -0.15) is 0 Å². The number of β-lactam (4-membered cyclic amide) rings is 1. The summed E-state index contributed by atoms with van der Waals surface area (Å²) in [5.41, 5.74) is 4.92. The lowest BCUT2D eigenvalue weighted by Crippen LogP contribution is -2.80. The third-order valence-corrected chi connectivity index (χ3v) is 6.57. The first kappa shape index (κ1) is 19.3. The number of nitro groups is 1. The zero-order valence-electron chi connectivity index (χ0n) is 15.0. The van der Waals surface area contributed by atoms with Crippen LogP contribution in [0.1, 0.15) is 26.3 Å². The molecule has 2 saturated heterocycles. The summed E-state index contributed by atoms with van der Waals surface area (Å²) < 4.78 is 4.66. The molecule has 0 bridgehead atoms. The number of hydrogen-bond acceptors (Lipinski definition) is 8. The number of carbonyl (C=O) groups excluding carboxylic acids is 3. The van der Waals surface area contributed by atoms with Gasteiger partial charge in [0.1, 0.15) is 18.0 Å². The summed E-state index contributed by atoms with van der Waals surface area (Å²) in [5, 5.41) is 10.1. The number of fused-ring (bicyclic) bond motifs is 1. The number of esters is 1.